The molecule has 0 bridgehead atoms. The van der Waals surface area contributed by atoms with Gasteiger partial charge in [-0.05, 0) is 55.3 Å². The number of rotatable bonds is 8. The smallest absolute Gasteiger partial charge is 0.339 e. The van der Waals surface area contributed by atoms with Gasteiger partial charge in [0.05, 0.1) is 11.3 Å². The van der Waals surface area contributed by atoms with Crippen molar-refractivity contribution in [2.24, 2.45) is 0 Å². The molecule has 3 N–H and O–H groups in total. The summed E-state index contributed by atoms with van der Waals surface area (Å²) in [6, 6.07) is 12.9. The number of Topliss-reactive ketones (excluding diaryl/α,β-unsaturated/α-hetero) is 1. The Bertz CT molecular complexity index is 1370. The number of amides is 1. The zero-order chi connectivity index (χ0) is 25.7. The van der Waals surface area contributed by atoms with Crippen LogP contribution in [0.4, 0.5) is 5.69 Å². The Balaban J connectivity index is 1.75. The minimum atomic E-state index is -1.32. The number of aromatic nitrogens is 1. The van der Waals surface area contributed by atoms with Crippen molar-refractivity contribution in [3.63, 3.8) is 0 Å². The molecular weight excluding hydrogens is 534 g/mol. The zero-order valence-electron chi connectivity index (χ0n) is 18.8. The number of carbonyl (C=O) groups is 3. The van der Waals surface area contributed by atoms with E-state index in [0.29, 0.717) is 33.0 Å². The average molecular weight is 554 g/mol. The number of nitriles is 1. The van der Waals surface area contributed by atoms with Gasteiger partial charge < -0.3 is 15.5 Å². The Kier molecular flexibility index (Phi) is 8.27. The highest BCUT2D eigenvalue weighted by atomic mass is 79.9. The molecule has 35 heavy (non-hydrogen) atoms. The summed E-state index contributed by atoms with van der Waals surface area (Å²) in [5, 5.41) is 31.4. The fourth-order valence-electron chi connectivity index (χ4n) is 3.37. The van der Waals surface area contributed by atoms with Crippen LogP contribution in [-0.2, 0) is 11.2 Å². The van der Waals surface area contributed by atoms with Crippen LogP contribution in [0.2, 0.25) is 0 Å². The molecule has 1 amide bonds. The lowest BCUT2D eigenvalue weighted by molar-refractivity contribution is -0.113. The van der Waals surface area contributed by atoms with Gasteiger partial charge in [-0.2, -0.15) is 5.26 Å². The van der Waals surface area contributed by atoms with Gasteiger partial charge in [-0.15, -0.1) is 0 Å². The van der Waals surface area contributed by atoms with Crippen LogP contribution in [0.25, 0.3) is 0 Å². The molecule has 10 heteroatoms. The number of carbonyl (C=O) groups excluding carboxylic acids is 2. The number of aromatic carboxylic acids is 1. The lowest BCUT2D eigenvalue weighted by Crippen LogP contribution is -2.15. The van der Waals surface area contributed by atoms with Crippen molar-refractivity contribution in [3.05, 3.63) is 80.4 Å². The summed E-state index contributed by atoms with van der Waals surface area (Å²) in [6.45, 7) is 3.51. The molecule has 0 spiro atoms. The molecule has 0 unspecified atom stereocenters. The molecule has 2 aromatic carbocycles. The monoisotopic (exact) mass is 553 g/mol. The maximum Gasteiger partial charge on any atom is 0.339 e. The molecule has 0 saturated carbocycles. The maximum absolute atomic E-state index is 12.8. The molecule has 8 nitrogen and oxygen atoms in total. The summed E-state index contributed by atoms with van der Waals surface area (Å²) in [6.07, 6.45) is 0.0964. The van der Waals surface area contributed by atoms with Crippen molar-refractivity contribution < 1.29 is 24.6 Å². The number of thioether (sulfide) groups is 1. The fraction of sp³-hybridized carbons (Fsp3) is 0.160. The number of ketones is 1. The Morgan fingerprint density at radius 2 is 1.83 bits per heavy atom. The minimum absolute atomic E-state index is 0.0823. The highest BCUT2D eigenvalue weighted by Crippen LogP contribution is 2.28. The number of nitrogens with zero attached hydrogens (tertiary/aromatic N) is 2. The van der Waals surface area contributed by atoms with Gasteiger partial charge in [-0.1, -0.05) is 39.8 Å². The summed E-state index contributed by atoms with van der Waals surface area (Å²) >= 11 is 4.41. The van der Waals surface area contributed by atoms with Crippen LogP contribution in [0.1, 0.15) is 43.1 Å². The van der Waals surface area contributed by atoms with Crippen LogP contribution >= 0.6 is 27.7 Å². The van der Waals surface area contributed by atoms with E-state index in [-0.39, 0.29) is 29.2 Å². The van der Waals surface area contributed by atoms with Crippen molar-refractivity contribution in [2.75, 3.05) is 11.1 Å². The van der Waals surface area contributed by atoms with Crippen LogP contribution in [0.3, 0.4) is 0 Å². The number of aromatic hydroxyl groups is 1. The van der Waals surface area contributed by atoms with Crippen molar-refractivity contribution in [1.82, 2.24) is 4.98 Å². The predicted octanol–water partition coefficient (Wildman–Crippen LogP) is 4.89. The van der Waals surface area contributed by atoms with E-state index < -0.39 is 17.6 Å². The Labute approximate surface area is 214 Å². The molecule has 0 atom stereocenters. The first-order valence-electron chi connectivity index (χ1n) is 10.3. The molecule has 0 radical (unpaired) electrons. The van der Waals surface area contributed by atoms with Crippen LogP contribution in [-0.4, -0.2) is 38.6 Å². The summed E-state index contributed by atoms with van der Waals surface area (Å²) in [5.41, 5.74) is 2.65. The van der Waals surface area contributed by atoms with Gasteiger partial charge in [-0.25, -0.2) is 9.78 Å². The van der Waals surface area contributed by atoms with Gasteiger partial charge in [0, 0.05) is 27.8 Å². The molecule has 0 aliphatic heterocycles. The number of halogens is 1. The van der Waals surface area contributed by atoms with E-state index in [1.54, 1.807) is 38.1 Å². The van der Waals surface area contributed by atoms with E-state index in [9.17, 15) is 24.8 Å². The van der Waals surface area contributed by atoms with Crippen LogP contribution < -0.4 is 5.32 Å². The summed E-state index contributed by atoms with van der Waals surface area (Å²) in [4.78, 5) is 40.8. The summed E-state index contributed by atoms with van der Waals surface area (Å²) < 4.78 is 0.869. The third-order valence-electron chi connectivity index (χ3n) is 5.21. The van der Waals surface area contributed by atoms with Crippen molar-refractivity contribution in [1.29, 1.82) is 5.26 Å². The van der Waals surface area contributed by atoms with Crippen molar-refractivity contribution >= 4 is 51.0 Å². The van der Waals surface area contributed by atoms with Gasteiger partial charge >= 0.3 is 5.97 Å². The maximum atomic E-state index is 12.8. The molecule has 178 valence electrons. The average Bonchev–Trinajstić information content (AvgIpc) is 2.81. The summed E-state index contributed by atoms with van der Waals surface area (Å²) in [7, 11) is 0. The van der Waals surface area contributed by atoms with E-state index in [2.05, 4.69) is 32.3 Å². The standard InChI is InChI=1S/C25H20BrN3O5S/c1-13-18(10-22(31)15-3-5-16(26)6-4-15)14(2)28-24(20(13)11-27)35-12-23(32)29-17-7-8-21(30)19(9-17)25(33)34/h3-9,30H,10,12H2,1-2H3,(H,29,32)(H,33,34). The molecule has 1 heterocycles. The minimum Gasteiger partial charge on any atom is -0.507 e. The Hall–Kier alpha value is -3.68. The number of aryl methyl sites for hydroxylation is 1. The fourth-order valence-corrected chi connectivity index (χ4v) is 4.52. The lowest BCUT2D eigenvalue weighted by atomic mass is 9.96. The first-order chi connectivity index (χ1) is 16.6. The second-order valence-electron chi connectivity index (χ2n) is 7.57. The molecule has 3 rings (SSSR count). The molecule has 0 saturated heterocycles. The van der Waals surface area contributed by atoms with Crippen molar-refractivity contribution in [3.8, 4) is 11.8 Å². The molecule has 1 aromatic heterocycles. The molecular formula is C25H20BrN3O5S. The van der Waals surface area contributed by atoms with Gasteiger partial charge in [0.1, 0.15) is 22.4 Å². The SMILES string of the molecule is Cc1nc(SCC(=O)Nc2ccc(O)c(C(=O)O)c2)c(C#N)c(C)c1CC(=O)c1ccc(Br)cc1. The molecule has 0 aliphatic carbocycles. The van der Waals surface area contributed by atoms with Crippen LogP contribution in [0, 0.1) is 25.2 Å². The second-order valence-corrected chi connectivity index (χ2v) is 9.45. The van der Waals surface area contributed by atoms with E-state index in [1.807, 2.05) is 0 Å². The number of carboxylic acid groups (broad SMARTS) is 1. The lowest BCUT2D eigenvalue weighted by Gasteiger charge is -2.14. The first kappa shape index (κ1) is 25.9. The van der Waals surface area contributed by atoms with E-state index >= 15 is 0 Å². The van der Waals surface area contributed by atoms with E-state index in [0.717, 1.165) is 22.3 Å². The number of carboxylic acids is 1. The normalized spacial score (nSPS) is 10.5. The zero-order valence-corrected chi connectivity index (χ0v) is 21.2. The quantitative estimate of drug-likeness (QED) is 0.203. The number of benzene rings is 2. The molecule has 0 aliphatic rings. The van der Waals surface area contributed by atoms with E-state index in [1.165, 1.54) is 12.1 Å². The van der Waals surface area contributed by atoms with Gasteiger partial charge in [0.25, 0.3) is 0 Å². The Morgan fingerprint density at radius 1 is 1.14 bits per heavy atom. The molecule has 0 fully saturated rings. The predicted molar refractivity (Wildman–Crippen MR) is 135 cm³/mol. The number of phenols is 1. The van der Waals surface area contributed by atoms with Crippen LogP contribution in [0.5, 0.6) is 5.75 Å². The van der Waals surface area contributed by atoms with Gasteiger partial charge in [-0.3, -0.25) is 9.59 Å². The Morgan fingerprint density at radius 3 is 2.46 bits per heavy atom. The third kappa shape index (κ3) is 6.26. The van der Waals surface area contributed by atoms with Crippen LogP contribution in [0.15, 0.2) is 52.0 Å². The number of anilines is 1. The highest BCUT2D eigenvalue weighted by molar-refractivity contribution is 9.10. The number of hydrogen-bond donors (Lipinski definition) is 3. The topological polar surface area (TPSA) is 140 Å². The molecule has 3 aromatic rings. The third-order valence-corrected chi connectivity index (χ3v) is 6.72. The number of pyridine rings is 1. The number of hydrogen-bond acceptors (Lipinski definition) is 7. The van der Waals surface area contributed by atoms with Gasteiger partial charge in [0.15, 0.2) is 5.78 Å². The number of nitrogens with one attached hydrogen (secondary N) is 1. The largest absolute Gasteiger partial charge is 0.507 e. The highest BCUT2D eigenvalue weighted by Gasteiger charge is 2.19. The first-order valence-corrected chi connectivity index (χ1v) is 12.1. The second kappa shape index (κ2) is 11.2. The van der Waals surface area contributed by atoms with Crippen molar-refractivity contribution in [2.45, 2.75) is 25.3 Å². The van der Waals surface area contributed by atoms with Gasteiger partial charge in [0.2, 0.25) is 5.91 Å². The van der Waals surface area contributed by atoms with E-state index in [4.69, 9.17) is 5.11 Å². The summed E-state index contributed by atoms with van der Waals surface area (Å²) in [5.74, 6) is -2.34.